The second-order valence-corrected chi connectivity index (χ2v) is 9.37. The molecule has 4 aromatic rings. The predicted molar refractivity (Wildman–Crippen MR) is 140 cm³/mol. The summed E-state index contributed by atoms with van der Waals surface area (Å²) in [4.78, 5) is 26.0. The van der Waals surface area contributed by atoms with Gasteiger partial charge in [-0.15, -0.1) is 0 Å². The van der Waals surface area contributed by atoms with Gasteiger partial charge in [0.05, 0.1) is 5.71 Å². The first-order valence-corrected chi connectivity index (χ1v) is 12.2. The van der Waals surface area contributed by atoms with Gasteiger partial charge >= 0.3 is 5.97 Å². The van der Waals surface area contributed by atoms with Crippen molar-refractivity contribution in [2.24, 2.45) is 5.10 Å². The number of halogens is 1. The maximum atomic E-state index is 13.0. The Labute approximate surface area is 213 Å². The lowest BCUT2D eigenvalue weighted by atomic mass is 9.93. The monoisotopic (exact) mass is 500 g/mol. The van der Waals surface area contributed by atoms with Crippen LogP contribution in [0.2, 0.25) is 5.02 Å². The number of nitrogens with one attached hydrogen (secondary N) is 1. The van der Waals surface area contributed by atoms with E-state index < -0.39 is 5.97 Å². The van der Waals surface area contributed by atoms with E-state index in [1.165, 1.54) is 0 Å². The Kier molecular flexibility index (Phi) is 6.37. The molecule has 0 saturated heterocycles. The number of hydrazone groups is 1. The van der Waals surface area contributed by atoms with Crippen molar-refractivity contribution in [3.05, 3.63) is 99.0 Å². The van der Waals surface area contributed by atoms with Crippen LogP contribution in [0.3, 0.4) is 0 Å². The van der Waals surface area contributed by atoms with Crippen LogP contribution in [0.4, 0.5) is 0 Å². The van der Waals surface area contributed by atoms with E-state index in [1.807, 2.05) is 57.2 Å². The van der Waals surface area contributed by atoms with Crippen molar-refractivity contribution in [3.63, 3.8) is 0 Å². The molecule has 0 saturated carbocycles. The third kappa shape index (κ3) is 4.40. The molecule has 36 heavy (non-hydrogen) atoms. The summed E-state index contributed by atoms with van der Waals surface area (Å²) in [5.41, 5.74) is 7.00. The average Bonchev–Trinajstić information content (AvgIpc) is 3.22. The lowest BCUT2D eigenvalue weighted by Gasteiger charge is -2.13. The van der Waals surface area contributed by atoms with E-state index in [4.69, 9.17) is 20.8 Å². The first-order chi connectivity index (χ1) is 17.3. The molecule has 3 aromatic carbocycles. The number of esters is 1. The highest BCUT2D eigenvalue weighted by molar-refractivity contribution is 6.32. The fraction of sp³-hybridized carbons (Fsp3) is 0.207. The standard InChI is InChI=1S/C29H25ClN2O4/c1-16-14-20(15-17(2)26(16)30)35-29(34)27-18(3)25-23(12-7-13-24(25)36-27)31-32-28(33)22-11-6-9-19-8-4-5-10-21(19)22/h4-6,8-11,14-15H,7,12-13H2,1-3H3,(H,32,33)/b31-23+. The lowest BCUT2D eigenvalue weighted by Crippen LogP contribution is -2.22. The average molecular weight is 501 g/mol. The molecule has 0 bridgehead atoms. The van der Waals surface area contributed by atoms with E-state index in [2.05, 4.69) is 10.5 Å². The zero-order valence-corrected chi connectivity index (χ0v) is 21.0. The van der Waals surface area contributed by atoms with E-state index >= 15 is 0 Å². The van der Waals surface area contributed by atoms with Gasteiger partial charge in [-0.2, -0.15) is 5.10 Å². The summed E-state index contributed by atoms with van der Waals surface area (Å²) in [6.07, 6.45) is 2.14. The number of carbonyl (C=O) groups excluding carboxylic acids is 2. The van der Waals surface area contributed by atoms with Crippen LogP contribution in [0.1, 0.15) is 61.8 Å². The molecule has 0 radical (unpaired) electrons. The molecule has 0 unspecified atom stereocenters. The van der Waals surface area contributed by atoms with Crippen LogP contribution in [-0.2, 0) is 6.42 Å². The Morgan fingerprint density at radius 2 is 1.72 bits per heavy atom. The molecule has 7 heteroatoms. The normalized spacial score (nSPS) is 14.1. The Morgan fingerprint density at radius 3 is 2.50 bits per heavy atom. The molecule has 5 rings (SSSR count). The molecule has 6 nitrogen and oxygen atoms in total. The van der Waals surface area contributed by atoms with Gasteiger partial charge in [-0.05, 0) is 73.7 Å². The third-order valence-electron chi connectivity index (χ3n) is 6.46. The molecule has 0 spiro atoms. The van der Waals surface area contributed by atoms with Gasteiger partial charge in [0, 0.05) is 28.1 Å². The van der Waals surface area contributed by atoms with Crippen LogP contribution in [-0.4, -0.2) is 17.6 Å². The van der Waals surface area contributed by atoms with Gasteiger partial charge in [0.15, 0.2) is 0 Å². The summed E-state index contributed by atoms with van der Waals surface area (Å²) < 4.78 is 11.5. The van der Waals surface area contributed by atoms with Crippen molar-refractivity contribution in [2.75, 3.05) is 0 Å². The minimum Gasteiger partial charge on any atom is -0.453 e. The second kappa shape index (κ2) is 9.63. The van der Waals surface area contributed by atoms with Crippen LogP contribution in [0, 0.1) is 20.8 Å². The molecule has 1 N–H and O–H groups in total. The van der Waals surface area contributed by atoms with Crippen LogP contribution in [0.5, 0.6) is 5.75 Å². The van der Waals surface area contributed by atoms with E-state index in [-0.39, 0.29) is 11.7 Å². The molecule has 0 aliphatic heterocycles. The fourth-order valence-corrected chi connectivity index (χ4v) is 4.80. The maximum Gasteiger partial charge on any atom is 0.379 e. The summed E-state index contributed by atoms with van der Waals surface area (Å²) in [5, 5.41) is 6.94. The first kappa shape index (κ1) is 23.8. The number of amides is 1. The van der Waals surface area contributed by atoms with E-state index in [1.54, 1.807) is 18.2 Å². The van der Waals surface area contributed by atoms with E-state index in [9.17, 15) is 9.59 Å². The van der Waals surface area contributed by atoms with Crippen LogP contribution < -0.4 is 10.2 Å². The molecule has 182 valence electrons. The van der Waals surface area contributed by atoms with Gasteiger partial charge in [-0.25, -0.2) is 10.2 Å². The van der Waals surface area contributed by atoms with Crippen molar-refractivity contribution in [2.45, 2.75) is 40.0 Å². The van der Waals surface area contributed by atoms with Gasteiger partial charge < -0.3 is 9.15 Å². The number of aryl methyl sites for hydroxylation is 3. The molecule has 1 aliphatic rings. The molecule has 0 atom stereocenters. The van der Waals surface area contributed by atoms with E-state index in [0.717, 1.165) is 33.9 Å². The summed E-state index contributed by atoms with van der Waals surface area (Å²) in [5.74, 6) is 0.347. The zero-order chi connectivity index (χ0) is 25.4. The van der Waals surface area contributed by atoms with Crippen LogP contribution in [0.25, 0.3) is 10.8 Å². The van der Waals surface area contributed by atoms with Crippen molar-refractivity contribution >= 4 is 40.0 Å². The van der Waals surface area contributed by atoms with Crippen molar-refractivity contribution in [1.29, 1.82) is 0 Å². The largest absolute Gasteiger partial charge is 0.453 e. The molecule has 1 amide bonds. The minimum atomic E-state index is -0.581. The van der Waals surface area contributed by atoms with Gasteiger partial charge in [-0.1, -0.05) is 48.0 Å². The second-order valence-electron chi connectivity index (χ2n) is 8.99. The number of rotatable bonds is 4. The maximum absolute atomic E-state index is 13.0. The predicted octanol–water partition coefficient (Wildman–Crippen LogP) is 6.70. The van der Waals surface area contributed by atoms with Crippen LogP contribution >= 0.6 is 11.6 Å². The number of furan rings is 1. The summed E-state index contributed by atoms with van der Waals surface area (Å²) in [6, 6.07) is 16.8. The fourth-order valence-electron chi connectivity index (χ4n) is 4.70. The Morgan fingerprint density at radius 1 is 1.00 bits per heavy atom. The number of nitrogens with zero attached hydrogens (tertiary/aromatic N) is 1. The smallest absolute Gasteiger partial charge is 0.379 e. The van der Waals surface area contributed by atoms with Gasteiger partial charge in [0.1, 0.15) is 11.5 Å². The highest BCUT2D eigenvalue weighted by atomic mass is 35.5. The topological polar surface area (TPSA) is 80.9 Å². The molecule has 1 heterocycles. The lowest BCUT2D eigenvalue weighted by molar-refractivity contribution is 0.0698. The Bertz CT molecular complexity index is 1520. The number of hydrogen-bond donors (Lipinski definition) is 1. The molecular weight excluding hydrogens is 476 g/mol. The minimum absolute atomic E-state index is 0.139. The molecule has 0 fully saturated rings. The van der Waals surface area contributed by atoms with Crippen LogP contribution in [0.15, 0.2) is 64.1 Å². The summed E-state index contributed by atoms with van der Waals surface area (Å²) in [7, 11) is 0. The highest BCUT2D eigenvalue weighted by Gasteiger charge is 2.29. The first-order valence-electron chi connectivity index (χ1n) is 11.8. The molecule has 1 aliphatic carbocycles. The summed E-state index contributed by atoms with van der Waals surface area (Å²) >= 11 is 6.23. The Hall–Kier alpha value is -3.90. The third-order valence-corrected chi connectivity index (χ3v) is 7.05. The zero-order valence-electron chi connectivity index (χ0n) is 20.3. The molecule has 1 aromatic heterocycles. The quantitative estimate of drug-likeness (QED) is 0.192. The number of carbonyl (C=O) groups is 2. The number of benzene rings is 3. The SMILES string of the molecule is Cc1cc(OC(=O)c2oc3c(c2C)/C(=N/NC(=O)c2cccc4ccccc24)CCC3)cc(C)c1Cl. The Balaban J connectivity index is 1.40. The molecular formula is C29H25ClN2O4. The van der Waals surface area contributed by atoms with Gasteiger partial charge in [-0.3, -0.25) is 4.79 Å². The number of hydrogen-bond acceptors (Lipinski definition) is 5. The highest BCUT2D eigenvalue weighted by Crippen LogP contribution is 2.32. The number of ether oxygens (including phenoxy) is 1. The van der Waals surface area contributed by atoms with Crippen molar-refractivity contribution < 1.29 is 18.7 Å². The van der Waals surface area contributed by atoms with Gasteiger partial charge in [0.25, 0.3) is 5.91 Å². The summed E-state index contributed by atoms with van der Waals surface area (Å²) in [6.45, 7) is 5.53. The van der Waals surface area contributed by atoms with Crippen molar-refractivity contribution in [1.82, 2.24) is 5.43 Å². The number of fused-ring (bicyclic) bond motifs is 2. The van der Waals surface area contributed by atoms with Crippen molar-refractivity contribution in [3.8, 4) is 5.75 Å². The van der Waals surface area contributed by atoms with Gasteiger partial charge in [0.2, 0.25) is 5.76 Å². The van der Waals surface area contributed by atoms with E-state index in [0.29, 0.717) is 46.2 Å².